The number of anilines is 1. The van der Waals surface area contributed by atoms with Crippen LogP contribution in [0.3, 0.4) is 0 Å². The second-order valence-electron chi connectivity index (χ2n) is 5.01. The van der Waals surface area contributed by atoms with E-state index in [-0.39, 0.29) is 0 Å². The smallest absolute Gasteiger partial charge is 0.253 e. The molecule has 0 spiro atoms. The van der Waals surface area contributed by atoms with Crippen molar-refractivity contribution in [1.29, 1.82) is 0 Å². The van der Waals surface area contributed by atoms with Crippen molar-refractivity contribution in [2.24, 2.45) is 0 Å². The molecule has 2 heterocycles. The summed E-state index contributed by atoms with van der Waals surface area (Å²) in [6, 6.07) is 16.0. The first kappa shape index (κ1) is 12.7. The Morgan fingerprint density at radius 3 is 2.82 bits per heavy atom. The molecule has 110 valence electrons. The highest BCUT2D eigenvalue weighted by molar-refractivity contribution is 5.80. The Labute approximate surface area is 126 Å². The Bertz CT molecular complexity index is 926. The highest BCUT2D eigenvalue weighted by Gasteiger charge is 2.10. The summed E-state index contributed by atoms with van der Waals surface area (Å²) in [6.07, 6.45) is 0. The van der Waals surface area contributed by atoms with E-state index < -0.39 is 0 Å². The molecule has 0 fully saturated rings. The van der Waals surface area contributed by atoms with E-state index in [1.807, 2.05) is 40.9 Å². The average molecular weight is 293 g/mol. The Hall–Kier alpha value is -3.02. The quantitative estimate of drug-likeness (QED) is 0.607. The molecule has 22 heavy (non-hydrogen) atoms. The third-order valence-corrected chi connectivity index (χ3v) is 3.58. The summed E-state index contributed by atoms with van der Waals surface area (Å²) in [7, 11) is 1.65. The van der Waals surface area contributed by atoms with E-state index in [2.05, 4.69) is 32.5 Å². The van der Waals surface area contributed by atoms with Crippen LogP contribution in [-0.2, 0) is 6.54 Å². The number of aromatic amines is 1. The molecule has 2 aromatic carbocycles. The number of methoxy groups -OCH3 is 1. The van der Waals surface area contributed by atoms with Gasteiger partial charge in [0.05, 0.1) is 18.1 Å². The number of H-pyrrole nitrogens is 1. The third kappa shape index (κ3) is 2.14. The van der Waals surface area contributed by atoms with Crippen LogP contribution in [-0.4, -0.2) is 26.7 Å². The number of aromatic nitrogens is 4. The van der Waals surface area contributed by atoms with Gasteiger partial charge >= 0.3 is 0 Å². The first-order chi connectivity index (χ1) is 10.8. The van der Waals surface area contributed by atoms with Crippen LogP contribution in [0, 0.1) is 0 Å². The number of nitrogens with zero attached hydrogens (tertiary/aromatic N) is 3. The molecule has 0 aliphatic heterocycles. The van der Waals surface area contributed by atoms with Gasteiger partial charge in [0.2, 0.25) is 5.95 Å². The topological polar surface area (TPSA) is 67.2 Å². The van der Waals surface area contributed by atoms with Gasteiger partial charge < -0.3 is 10.1 Å². The highest BCUT2D eigenvalue weighted by atomic mass is 16.5. The first-order valence-corrected chi connectivity index (χ1v) is 7.03. The molecule has 0 radical (unpaired) electrons. The van der Waals surface area contributed by atoms with Gasteiger partial charge in [-0.1, -0.05) is 30.3 Å². The molecule has 0 unspecified atom stereocenters. The molecule has 0 aliphatic rings. The van der Waals surface area contributed by atoms with Crippen LogP contribution in [0.1, 0.15) is 5.56 Å². The predicted molar refractivity (Wildman–Crippen MR) is 85.2 cm³/mol. The minimum atomic E-state index is 0.638. The minimum absolute atomic E-state index is 0.638. The van der Waals surface area contributed by atoms with Gasteiger partial charge in [0, 0.05) is 12.6 Å². The van der Waals surface area contributed by atoms with Crippen molar-refractivity contribution >= 4 is 22.8 Å². The van der Waals surface area contributed by atoms with Crippen molar-refractivity contribution in [3.8, 4) is 5.75 Å². The lowest BCUT2D eigenvalue weighted by atomic mass is 10.2. The lowest BCUT2D eigenvalue weighted by Gasteiger charge is -2.02. The minimum Gasteiger partial charge on any atom is -0.497 e. The molecular formula is C16H15N5O. The van der Waals surface area contributed by atoms with Crippen LogP contribution in [0.4, 0.5) is 5.95 Å². The van der Waals surface area contributed by atoms with Crippen LogP contribution in [0.25, 0.3) is 16.8 Å². The zero-order valence-electron chi connectivity index (χ0n) is 12.1. The summed E-state index contributed by atoms with van der Waals surface area (Å²) in [5.41, 5.74) is 3.02. The van der Waals surface area contributed by atoms with E-state index in [0.717, 1.165) is 16.8 Å². The van der Waals surface area contributed by atoms with E-state index in [9.17, 15) is 0 Å². The predicted octanol–water partition coefficient (Wildman–Crippen LogP) is 2.83. The van der Waals surface area contributed by atoms with Gasteiger partial charge in [0.15, 0.2) is 0 Å². The number of rotatable bonds is 4. The molecule has 4 aromatic rings. The van der Waals surface area contributed by atoms with E-state index in [1.54, 1.807) is 7.11 Å². The Morgan fingerprint density at radius 2 is 2.00 bits per heavy atom. The highest BCUT2D eigenvalue weighted by Crippen LogP contribution is 2.21. The normalized spacial score (nSPS) is 11.1. The molecule has 2 aromatic heterocycles. The lowest BCUT2D eigenvalue weighted by molar-refractivity contribution is 0.415. The van der Waals surface area contributed by atoms with Gasteiger partial charge in [-0.3, -0.25) is 5.10 Å². The number of fused-ring (bicyclic) bond motifs is 3. The molecule has 6 heteroatoms. The van der Waals surface area contributed by atoms with Crippen molar-refractivity contribution in [3.63, 3.8) is 0 Å². The summed E-state index contributed by atoms with van der Waals surface area (Å²) < 4.78 is 7.08. The van der Waals surface area contributed by atoms with Crippen LogP contribution in [0.5, 0.6) is 5.75 Å². The van der Waals surface area contributed by atoms with Crippen molar-refractivity contribution < 1.29 is 4.74 Å². The number of benzene rings is 2. The molecule has 0 saturated carbocycles. The van der Waals surface area contributed by atoms with E-state index in [4.69, 9.17) is 4.74 Å². The van der Waals surface area contributed by atoms with E-state index >= 15 is 0 Å². The summed E-state index contributed by atoms with van der Waals surface area (Å²) in [6.45, 7) is 0.712. The lowest BCUT2D eigenvalue weighted by Crippen LogP contribution is -2.01. The van der Waals surface area contributed by atoms with Gasteiger partial charge in [-0.15, -0.1) is 0 Å². The first-order valence-electron chi connectivity index (χ1n) is 7.03. The summed E-state index contributed by atoms with van der Waals surface area (Å²) >= 11 is 0. The number of ether oxygens (including phenoxy) is 1. The van der Waals surface area contributed by atoms with Crippen LogP contribution < -0.4 is 10.1 Å². The second-order valence-corrected chi connectivity index (χ2v) is 5.01. The van der Waals surface area contributed by atoms with E-state index in [1.165, 1.54) is 5.56 Å². The SMILES string of the molecule is COc1ccc2c(c1)nc1nc(NCc3ccccc3)[nH]n12. The molecule has 0 aliphatic carbocycles. The van der Waals surface area contributed by atoms with Gasteiger partial charge in [-0.05, 0) is 17.7 Å². The Balaban J connectivity index is 1.63. The number of hydrogen-bond acceptors (Lipinski definition) is 4. The number of hydrogen-bond donors (Lipinski definition) is 2. The maximum Gasteiger partial charge on any atom is 0.253 e. The summed E-state index contributed by atoms with van der Waals surface area (Å²) in [5.74, 6) is 2.12. The standard InChI is InChI=1S/C16H15N5O/c1-22-12-7-8-14-13(9-12)18-16-19-15(20-21(14)16)17-10-11-5-3-2-4-6-11/h2-9H,10H2,1H3,(H2,17,18,19,20). The van der Waals surface area contributed by atoms with Crippen molar-refractivity contribution in [3.05, 3.63) is 54.1 Å². The van der Waals surface area contributed by atoms with Crippen LogP contribution >= 0.6 is 0 Å². The van der Waals surface area contributed by atoms with Gasteiger partial charge in [-0.2, -0.15) is 4.98 Å². The third-order valence-electron chi connectivity index (χ3n) is 3.58. The fraction of sp³-hybridized carbons (Fsp3) is 0.125. The van der Waals surface area contributed by atoms with Gasteiger partial charge in [0.25, 0.3) is 5.78 Å². The maximum atomic E-state index is 5.21. The molecule has 0 amide bonds. The maximum absolute atomic E-state index is 5.21. The van der Waals surface area contributed by atoms with Gasteiger partial charge in [-0.25, -0.2) is 9.50 Å². The number of nitrogens with one attached hydrogen (secondary N) is 2. The largest absolute Gasteiger partial charge is 0.497 e. The molecule has 6 nitrogen and oxygen atoms in total. The van der Waals surface area contributed by atoms with E-state index in [0.29, 0.717) is 18.3 Å². The summed E-state index contributed by atoms with van der Waals surface area (Å²) in [4.78, 5) is 8.96. The monoisotopic (exact) mass is 293 g/mol. The molecule has 0 bridgehead atoms. The van der Waals surface area contributed by atoms with Crippen molar-refractivity contribution in [1.82, 2.24) is 19.6 Å². The van der Waals surface area contributed by atoms with Gasteiger partial charge in [0.1, 0.15) is 5.75 Å². The average Bonchev–Trinajstić information content (AvgIpc) is 3.10. The molecule has 2 N–H and O–H groups in total. The number of imidazole rings is 1. The second kappa shape index (κ2) is 5.07. The van der Waals surface area contributed by atoms with Crippen molar-refractivity contribution in [2.45, 2.75) is 6.54 Å². The molecule has 0 atom stereocenters. The summed E-state index contributed by atoms with van der Waals surface area (Å²) in [5, 5.41) is 6.49. The zero-order valence-corrected chi connectivity index (χ0v) is 12.1. The van der Waals surface area contributed by atoms with Crippen molar-refractivity contribution in [2.75, 3.05) is 12.4 Å². The molecule has 4 rings (SSSR count). The fourth-order valence-corrected chi connectivity index (χ4v) is 2.45. The molecule has 0 saturated heterocycles. The zero-order chi connectivity index (χ0) is 14.9. The Morgan fingerprint density at radius 1 is 1.14 bits per heavy atom. The van der Waals surface area contributed by atoms with Crippen LogP contribution in [0.15, 0.2) is 48.5 Å². The Kier molecular flexibility index (Phi) is 2.93. The van der Waals surface area contributed by atoms with Crippen LogP contribution in [0.2, 0.25) is 0 Å². The molecular weight excluding hydrogens is 278 g/mol. The fourth-order valence-electron chi connectivity index (χ4n) is 2.45.